The van der Waals surface area contributed by atoms with Crippen molar-refractivity contribution >= 4 is 68.4 Å². The van der Waals surface area contributed by atoms with Crippen LogP contribution in [0.25, 0.3) is 11.1 Å². The first-order chi connectivity index (χ1) is 27.4. The van der Waals surface area contributed by atoms with Gasteiger partial charge >= 0.3 is 11.9 Å². The van der Waals surface area contributed by atoms with Gasteiger partial charge in [0.25, 0.3) is 0 Å². The minimum Gasteiger partial charge on any atom is -0.462 e. The van der Waals surface area contributed by atoms with Crippen LogP contribution in [-0.2, 0) is 31.9 Å². The molecule has 300 valence electrons. The van der Waals surface area contributed by atoms with E-state index in [1.807, 2.05) is 12.1 Å². The molecule has 0 radical (unpaired) electrons. The van der Waals surface area contributed by atoms with Crippen LogP contribution in [0.5, 0.6) is 0 Å². The molecule has 6 nitrogen and oxygen atoms in total. The molecule has 10 heteroatoms. The first-order valence-corrected chi connectivity index (χ1v) is 24.0. The molecule has 0 atom stereocenters. The molecule has 0 aromatic carbocycles. The predicted molar refractivity (Wildman–Crippen MR) is 233 cm³/mol. The van der Waals surface area contributed by atoms with E-state index >= 15 is 0 Å². The Morgan fingerprint density at radius 2 is 0.857 bits per heavy atom. The topological polar surface area (TPSA) is 100 Å². The zero-order chi connectivity index (χ0) is 40.1. The van der Waals surface area contributed by atoms with Crippen LogP contribution in [0, 0.1) is 49.9 Å². The number of nitrogens with zero attached hydrogens (tertiary/aromatic N) is 2. The van der Waals surface area contributed by atoms with Crippen molar-refractivity contribution in [1.82, 2.24) is 0 Å². The van der Waals surface area contributed by atoms with Crippen molar-refractivity contribution in [3.05, 3.63) is 83.8 Å². The molecule has 0 aliphatic heterocycles. The number of thiophene rings is 4. The van der Waals surface area contributed by atoms with Crippen molar-refractivity contribution in [1.29, 1.82) is 10.5 Å². The molecule has 0 fully saturated rings. The number of nitriles is 2. The van der Waals surface area contributed by atoms with Crippen molar-refractivity contribution in [3.8, 4) is 12.1 Å². The van der Waals surface area contributed by atoms with Crippen LogP contribution < -0.4 is 9.06 Å². The Hall–Kier alpha value is -3.54. The number of ether oxygens (including phenoxy) is 2. The lowest BCUT2D eigenvalue weighted by atomic mass is 10.1. The van der Waals surface area contributed by atoms with Gasteiger partial charge < -0.3 is 9.47 Å². The summed E-state index contributed by atoms with van der Waals surface area (Å²) in [4.78, 5) is 26.1. The van der Waals surface area contributed by atoms with Gasteiger partial charge in [-0.1, -0.05) is 105 Å². The van der Waals surface area contributed by atoms with Crippen LogP contribution >= 0.6 is 45.3 Å². The molecule has 0 amide bonds. The summed E-state index contributed by atoms with van der Waals surface area (Å²) in [6.45, 7) is 9.38. The van der Waals surface area contributed by atoms with E-state index in [2.05, 4.69) is 64.1 Å². The molecule has 4 rings (SSSR count). The maximum absolute atomic E-state index is 13.0. The Kier molecular flexibility index (Phi) is 20.1. The number of rotatable bonds is 22. The monoisotopic (exact) mass is 830 g/mol. The molecular weight excluding hydrogens is 773 g/mol. The normalized spacial score (nSPS) is 14.2. The molecule has 0 bridgehead atoms. The van der Waals surface area contributed by atoms with Gasteiger partial charge in [0.15, 0.2) is 11.1 Å². The van der Waals surface area contributed by atoms with E-state index in [4.69, 9.17) is 9.47 Å². The molecule has 0 aliphatic rings. The lowest BCUT2D eigenvalue weighted by Crippen LogP contribution is -2.13. The Labute approximate surface area is 348 Å². The number of carbonyl (C=O) groups excluding carboxylic acids is 2. The number of aryl methyl sites for hydroxylation is 2. The summed E-state index contributed by atoms with van der Waals surface area (Å²) in [5.41, 5.74) is 2.52. The molecule has 0 unspecified atom stereocenters. The minimum atomic E-state index is -0.535. The van der Waals surface area contributed by atoms with E-state index in [1.54, 1.807) is 22.7 Å². The fourth-order valence-corrected chi connectivity index (χ4v) is 11.3. The molecule has 0 spiro atoms. The summed E-state index contributed by atoms with van der Waals surface area (Å²) in [7, 11) is 0. The van der Waals surface area contributed by atoms with Gasteiger partial charge in [-0.15, -0.1) is 45.3 Å². The van der Waals surface area contributed by atoms with Crippen LogP contribution in [0.2, 0.25) is 0 Å². The second-order valence-electron chi connectivity index (χ2n) is 14.2. The van der Waals surface area contributed by atoms with Gasteiger partial charge in [-0.05, 0) is 86.1 Å². The predicted octanol–water partition coefficient (Wildman–Crippen LogP) is 11.6. The third kappa shape index (κ3) is 13.3. The van der Waals surface area contributed by atoms with Gasteiger partial charge in [-0.25, -0.2) is 9.59 Å². The van der Waals surface area contributed by atoms with E-state index in [0.717, 1.165) is 130 Å². The van der Waals surface area contributed by atoms with E-state index in [0.29, 0.717) is 22.3 Å². The maximum atomic E-state index is 13.0. The smallest absolute Gasteiger partial charge is 0.350 e. The highest BCUT2D eigenvalue weighted by molar-refractivity contribution is 7.14. The molecule has 4 aromatic rings. The highest BCUT2D eigenvalue weighted by Crippen LogP contribution is 2.22. The zero-order valence-corrected chi connectivity index (χ0v) is 37.0. The standard InChI is InChI=1S/C46H58N2O4S4/c1-5-9-13-17-21-33-29-41(35(31-47)45(49)51-27-19-15-11-7-3)55-43(33)39-25-23-37(53-39)38-24-26-40(54-38)44-34(22-18-14-10-6-2)30-42(56-44)36(32-48)46(50)52-28-20-16-12-8-4/h23-26,29-30H,5-22,27-28H2,1-4H3/b38-37-,41-35-,42-36-,43-39-,44-40+. The average Bonchev–Trinajstić information content (AvgIpc) is 4.02. The van der Waals surface area contributed by atoms with Crippen LogP contribution in [0.15, 0.2) is 36.4 Å². The highest BCUT2D eigenvalue weighted by atomic mass is 32.1. The van der Waals surface area contributed by atoms with Gasteiger partial charge in [0.2, 0.25) is 0 Å². The molecule has 0 saturated carbocycles. The second-order valence-corrected chi connectivity index (χ2v) is 18.5. The Morgan fingerprint density at radius 1 is 0.500 bits per heavy atom. The molecular formula is C46H58N2O4S4. The largest absolute Gasteiger partial charge is 0.462 e. The summed E-state index contributed by atoms with van der Waals surface area (Å²) in [6.07, 6.45) is 18.9. The molecule has 4 aromatic heterocycles. The number of hydrogen-bond donors (Lipinski definition) is 0. The van der Waals surface area contributed by atoms with Gasteiger partial charge in [-0.2, -0.15) is 10.5 Å². The van der Waals surface area contributed by atoms with Gasteiger partial charge in [0, 0.05) is 27.2 Å². The number of unbranched alkanes of at least 4 members (excludes halogenated alkanes) is 12. The number of hydrogen-bond acceptors (Lipinski definition) is 10. The van der Waals surface area contributed by atoms with Crippen molar-refractivity contribution in [2.75, 3.05) is 13.2 Å². The lowest BCUT2D eigenvalue weighted by Gasteiger charge is -2.02. The van der Waals surface area contributed by atoms with Gasteiger partial charge in [-0.3, -0.25) is 0 Å². The summed E-state index contributed by atoms with van der Waals surface area (Å²) >= 11 is 6.49. The van der Waals surface area contributed by atoms with E-state index in [9.17, 15) is 20.1 Å². The first kappa shape index (κ1) is 45.2. The van der Waals surface area contributed by atoms with Crippen LogP contribution in [0.4, 0.5) is 0 Å². The fourth-order valence-electron chi connectivity index (χ4n) is 6.50. The third-order valence-corrected chi connectivity index (χ3v) is 14.8. The lowest BCUT2D eigenvalue weighted by molar-refractivity contribution is -0.137. The quantitative estimate of drug-likeness (QED) is 0.0577. The van der Waals surface area contributed by atoms with E-state index in [1.165, 1.54) is 46.6 Å². The Balaban J connectivity index is 1.83. The van der Waals surface area contributed by atoms with Crippen LogP contribution in [-0.4, -0.2) is 25.2 Å². The summed E-state index contributed by atoms with van der Waals surface area (Å²) in [5, 5.41) is 20.1. The van der Waals surface area contributed by atoms with Crippen LogP contribution in [0.1, 0.15) is 142 Å². The third-order valence-electron chi connectivity index (χ3n) is 9.71. The van der Waals surface area contributed by atoms with Gasteiger partial charge in [0.05, 0.1) is 22.3 Å². The molecule has 0 N–H and O–H groups in total. The van der Waals surface area contributed by atoms with Crippen molar-refractivity contribution < 1.29 is 19.1 Å². The van der Waals surface area contributed by atoms with Crippen molar-refractivity contribution in [3.63, 3.8) is 0 Å². The molecule has 4 heterocycles. The number of carbonyl (C=O) groups is 2. The first-order valence-electron chi connectivity index (χ1n) is 20.7. The number of esters is 2. The molecule has 0 saturated heterocycles. The molecule has 56 heavy (non-hydrogen) atoms. The van der Waals surface area contributed by atoms with Gasteiger partial charge in [0.1, 0.15) is 12.1 Å². The second kappa shape index (κ2) is 25.0. The summed E-state index contributed by atoms with van der Waals surface area (Å²) < 4.78 is 19.2. The fraction of sp³-hybridized carbons (Fsp3) is 0.522. The SMILES string of the molecule is CCCCCCOC(=O)/C(C#N)=c1/cc(CCCCCC)/c(=c2\cc/c(=c3\cc/c(=c4\s/c(=C(/C#N)C(=O)OCCCCCC)cc4CCCCCC)s3)s2)s1. The van der Waals surface area contributed by atoms with Crippen molar-refractivity contribution in [2.24, 2.45) is 0 Å². The summed E-state index contributed by atoms with van der Waals surface area (Å²) in [6, 6.07) is 17.0. The van der Waals surface area contributed by atoms with Crippen LogP contribution in [0.3, 0.4) is 0 Å². The average molecular weight is 831 g/mol. The Bertz CT molecular complexity index is 2200. The van der Waals surface area contributed by atoms with E-state index < -0.39 is 11.9 Å². The zero-order valence-electron chi connectivity index (χ0n) is 33.8. The van der Waals surface area contributed by atoms with E-state index in [-0.39, 0.29) is 11.1 Å². The maximum Gasteiger partial charge on any atom is 0.350 e. The van der Waals surface area contributed by atoms with Crippen molar-refractivity contribution in [2.45, 2.75) is 143 Å². The Morgan fingerprint density at radius 3 is 1.21 bits per heavy atom. The highest BCUT2D eigenvalue weighted by Gasteiger charge is 2.16. The molecule has 0 aliphatic carbocycles. The minimum absolute atomic E-state index is 0.0871. The summed E-state index contributed by atoms with van der Waals surface area (Å²) in [5.74, 6) is -1.07.